The van der Waals surface area contributed by atoms with Crippen LogP contribution in [0.2, 0.25) is 0 Å². The normalized spacial score (nSPS) is 12.7. The van der Waals surface area contributed by atoms with Gasteiger partial charge in [-0.25, -0.2) is 8.42 Å². The molecule has 0 aliphatic heterocycles. The van der Waals surface area contributed by atoms with E-state index >= 15 is 0 Å². The van der Waals surface area contributed by atoms with E-state index in [-0.39, 0.29) is 11.0 Å². The van der Waals surface area contributed by atoms with Crippen LogP contribution < -0.4 is 5.32 Å². The highest BCUT2D eigenvalue weighted by molar-refractivity contribution is 7.92. The van der Waals surface area contributed by atoms with Gasteiger partial charge < -0.3 is 10.2 Å². The molecule has 0 amide bonds. The average molecular weight is 236 g/mol. The molecule has 0 spiro atoms. The molecule has 0 saturated heterocycles. The summed E-state index contributed by atoms with van der Waals surface area (Å²) in [6.45, 7) is 5.92. The molecule has 0 aliphatic rings. The standard InChI is InChI=1S/C10H24N2O2S/c1-10(2)15(13,14)9-7-11-6-5-8-12(3)4/h10-11H,5-9H2,1-4H3. The van der Waals surface area contributed by atoms with E-state index in [4.69, 9.17) is 0 Å². The Hall–Kier alpha value is -0.130. The summed E-state index contributed by atoms with van der Waals surface area (Å²) in [6, 6.07) is 0. The maximum Gasteiger partial charge on any atom is 0.153 e. The quantitative estimate of drug-likeness (QED) is 0.618. The molecule has 0 saturated carbocycles. The van der Waals surface area contributed by atoms with Crippen LogP contribution in [0.3, 0.4) is 0 Å². The monoisotopic (exact) mass is 236 g/mol. The number of hydrogen-bond acceptors (Lipinski definition) is 4. The lowest BCUT2D eigenvalue weighted by Gasteiger charge is -2.10. The van der Waals surface area contributed by atoms with Crippen LogP contribution in [-0.2, 0) is 9.84 Å². The van der Waals surface area contributed by atoms with Crippen LogP contribution in [0.4, 0.5) is 0 Å². The first-order valence-electron chi connectivity index (χ1n) is 5.43. The molecule has 0 aromatic carbocycles. The van der Waals surface area contributed by atoms with Gasteiger partial charge in [0, 0.05) is 6.54 Å². The molecule has 0 atom stereocenters. The molecule has 0 aliphatic carbocycles. The predicted octanol–water partition coefficient (Wildman–Crippen LogP) is 0.351. The van der Waals surface area contributed by atoms with Gasteiger partial charge in [0.1, 0.15) is 0 Å². The van der Waals surface area contributed by atoms with E-state index in [2.05, 4.69) is 10.2 Å². The second-order valence-electron chi connectivity index (χ2n) is 4.32. The van der Waals surface area contributed by atoms with Crippen molar-refractivity contribution in [1.29, 1.82) is 0 Å². The third-order valence-corrected chi connectivity index (χ3v) is 4.45. The maximum absolute atomic E-state index is 11.4. The first-order chi connectivity index (χ1) is 6.86. The van der Waals surface area contributed by atoms with Crippen molar-refractivity contribution in [3.8, 4) is 0 Å². The molecule has 0 unspecified atom stereocenters. The Balaban J connectivity index is 3.47. The van der Waals surface area contributed by atoms with Gasteiger partial charge in [0.05, 0.1) is 11.0 Å². The van der Waals surface area contributed by atoms with Gasteiger partial charge >= 0.3 is 0 Å². The zero-order valence-corrected chi connectivity index (χ0v) is 11.1. The van der Waals surface area contributed by atoms with Gasteiger partial charge in [-0.15, -0.1) is 0 Å². The minimum absolute atomic E-state index is 0.243. The fraction of sp³-hybridized carbons (Fsp3) is 1.00. The molecule has 0 radical (unpaired) electrons. The van der Waals surface area contributed by atoms with Crippen molar-refractivity contribution in [2.24, 2.45) is 0 Å². The number of rotatable bonds is 8. The summed E-state index contributed by atoms with van der Waals surface area (Å²) in [5.74, 6) is 0.243. The molecule has 1 N–H and O–H groups in total. The van der Waals surface area contributed by atoms with Gasteiger partial charge in [0.25, 0.3) is 0 Å². The molecule has 0 fully saturated rings. The molecular weight excluding hydrogens is 212 g/mol. The summed E-state index contributed by atoms with van der Waals surface area (Å²) < 4.78 is 22.8. The zero-order chi connectivity index (χ0) is 11.9. The fourth-order valence-corrected chi connectivity index (χ4v) is 2.00. The van der Waals surface area contributed by atoms with Crippen LogP contribution in [0.5, 0.6) is 0 Å². The molecule has 0 bridgehead atoms. The first-order valence-corrected chi connectivity index (χ1v) is 7.15. The van der Waals surface area contributed by atoms with Crippen molar-refractivity contribution in [1.82, 2.24) is 10.2 Å². The Labute approximate surface area is 94.0 Å². The number of sulfone groups is 1. The minimum atomic E-state index is -2.87. The van der Waals surface area contributed by atoms with E-state index in [1.54, 1.807) is 13.8 Å². The van der Waals surface area contributed by atoms with Gasteiger partial charge in [-0.05, 0) is 47.5 Å². The number of hydrogen-bond donors (Lipinski definition) is 1. The summed E-state index contributed by atoms with van der Waals surface area (Å²) >= 11 is 0. The topological polar surface area (TPSA) is 49.4 Å². The van der Waals surface area contributed by atoms with E-state index in [0.29, 0.717) is 6.54 Å². The van der Waals surface area contributed by atoms with Crippen LogP contribution >= 0.6 is 0 Å². The van der Waals surface area contributed by atoms with Crippen molar-refractivity contribution in [2.45, 2.75) is 25.5 Å². The van der Waals surface area contributed by atoms with E-state index in [1.165, 1.54) is 0 Å². The SMILES string of the molecule is CC(C)S(=O)(=O)CCNCCCN(C)C. The van der Waals surface area contributed by atoms with Gasteiger partial charge in [-0.2, -0.15) is 0 Å². The van der Waals surface area contributed by atoms with Crippen LogP contribution in [-0.4, -0.2) is 58.1 Å². The maximum atomic E-state index is 11.4. The number of nitrogens with zero attached hydrogens (tertiary/aromatic N) is 1. The minimum Gasteiger partial charge on any atom is -0.316 e. The van der Waals surface area contributed by atoms with Crippen molar-refractivity contribution in [2.75, 3.05) is 39.5 Å². The van der Waals surface area contributed by atoms with E-state index in [9.17, 15) is 8.42 Å². The van der Waals surface area contributed by atoms with Crippen LogP contribution in [0.25, 0.3) is 0 Å². The molecule has 4 nitrogen and oxygen atoms in total. The van der Waals surface area contributed by atoms with E-state index in [0.717, 1.165) is 19.5 Å². The van der Waals surface area contributed by atoms with E-state index < -0.39 is 9.84 Å². The number of nitrogens with one attached hydrogen (secondary N) is 1. The molecule has 0 heterocycles. The molecule has 0 rings (SSSR count). The van der Waals surface area contributed by atoms with Gasteiger partial charge in [0.2, 0.25) is 0 Å². The highest BCUT2D eigenvalue weighted by Crippen LogP contribution is 1.98. The molecule has 0 aromatic heterocycles. The van der Waals surface area contributed by atoms with Gasteiger partial charge in [-0.3, -0.25) is 0 Å². The zero-order valence-electron chi connectivity index (χ0n) is 10.3. The second-order valence-corrected chi connectivity index (χ2v) is 7.00. The average Bonchev–Trinajstić information content (AvgIpc) is 2.10. The Morgan fingerprint density at radius 3 is 2.27 bits per heavy atom. The summed E-state index contributed by atoms with van der Waals surface area (Å²) in [5.41, 5.74) is 0. The lowest BCUT2D eigenvalue weighted by Crippen LogP contribution is -2.29. The fourth-order valence-electron chi connectivity index (χ4n) is 1.10. The Bertz CT molecular complexity index is 248. The third kappa shape index (κ3) is 7.76. The van der Waals surface area contributed by atoms with Crippen LogP contribution in [0, 0.1) is 0 Å². The molecule has 92 valence electrons. The molecular formula is C10H24N2O2S. The van der Waals surface area contributed by atoms with Crippen molar-refractivity contribution >= 4 is 9.84 Å². The van der Waals surface area contributed by atoms with Crippen LogP contribution in [0.15, 0.2) is 0 Å². The van der Waals surface area contributed by atoms with Crippen molar-refractivity contribution < 1.29 is 8.42 Å². The van der Waals surface area contributed by atoms with Crippen molar-refractivity contribution in [3.63, 3.8) is 0 Å². The summed E-state index contributed by atoms with van der Waals surface area (Å²) in [6.07, 6.45) is 1.05. The first kappa shape index (κ1) is 14.9. The third-order valence-electron chi connectivity index (χ3n) is 2.24. The smallest absolute Gasteiger partial charge is 0.153 e. The highest BCUT2D eigenvalue weighted by atomic mass is 32.2. The van der Waals surface area contributed by atoms with Crippen molar-refractivity contribution in [3.05, 3.63) is 0 Å². The highest BCUT2D eigenvalue weighted by Gasteiger charge is 2.14. The largest absolute Gasteiger partial charge is 0.316 e. The molecule has 5 heteroatoms. The lowest BCUT2D eigenvalue weighted by atomic mass is 10.4. The second kappa shape index (κ2) is 7.19. The summed E-state index contributed by atoms with van der Waals surface area (Å²) in [4.78, 5) is 2.12. The Morgan fingerprint density at radius 2 is 1.80 bits per heavy atom. The Kier molecular flexibility index (Phi) is 7.13. The van der Waals surface area contributed by atoms with Crippen LogP contribution in [0.1, 0.15) is 20.3 Å². The lowest BCUT2D eigenvalue weighted by molar-refractivity contribution is 0.395. The molecule has 15 heavy (non-hydrogen) atoms. The Morgan fingerprint density at radius 1 is 1.20 bits per heavy atom. The van der Waals surface area contributed by atoms with Gasteiger partial charge in [0.15, 0.2) is 9.84 Å². The molecule has 0 aromatic rings. The summed E-state index contributed by atoms with van der Waals surface area (Å²) in [5, 5.41) is 2.88. The summed E-state index contributed by atoms with van der Waals surface area (Å²) in [7, 11) is 1.19. The van der Waals surface area contributed by atoms with Gasteiger partial charge in [-0.1, -0.05) is 0 Å². The predicted molar refractivity (Wildman–Crippen MR) is 65.0 cm³/mol. The van der Waals surface area contributed by atoms with E-state index in [1.807, 2.05) is 14.1 Å².